The van der Waals surface area contributed by atoms with Gasteiger partial charge in [0.15, 0.2) is 0 Å². The number of hydrogen-bond donors (Lipinski definition) is 2. The average Bonchev–Trinajstić information content (AvgIpc) is 3.14. The summed E-state index contributed by atoms with van der Waals surface area (Å²) in [5.74, 6) is -2.14. The Morgan fingerprint density at radius 3 is 2.53 bits per heavy atom. The lowest BCUT2D eigenvalue weighted by atomic mass is 10.0. The van der Waals surface area contributed by atoms with E-state index in [0.29, 0.717) is 29.2 Å². The number of primary amides is 1. The van der Waals surface area contributed by atoms with Crippen LogP contribution >= 0.6 is 11.6 Å². The van der Waals surface area contributed by atoms with Gasteiger partial charge >= 0.3 is 0 Å². The van der Waals surface area contributed by atoms with Crippen molar-refractivity contribution < 1.29 is 14.0 Å². The Kier molecular flexibility index (Phi) is 6.73. The van der Waals surface area contributed by atoms with Gasteiger partial charge in [0.1, 0.15) is 11.5 Å². The molecule has 0 saturated heterocycles. The van der Waals surface area contributed by atoms with E-state index in [9.17, 15) is 14.0 Å². The van der Waals surface area contributed by atoms with E-state index in [1.807, 2.05) is 32.9 Å². The molecule has 0 aliphatic carbocycles. The van der Waals surface area contributed by atoms with Gasteiger partial charge < -0.3 is 11.1 Å². The molecule has 10 heteroatoms. The van der Waals surface area contributed by atoms with Crippen molar-refractivity contribution in [3.05, 3.63) is 87.1 Å². The van der Waals surface area contributed by atoms with Crippen molar-refractivity contribution in [2.75, 3.05) is 5.32 Å². The molecule has 2 heterocycles. The Morgan fingerprint density at radius 1 is 1.22 bits per heavy atom. The van der Waals surface area contributed by atoms with E-state index in [1.54, 1.807) is 16.8 Å². The lowest BCUT2D eigenvalue weighted by molar-refractivity contribution is 0.0996. The Bertz CT molecular complexity index is 1550. The number of nitrogens with zero attached hydrogens (tertiary/aromatic N) is 4. The minimum atomic E-state index is -0.851. The van der Waals surface area contributed by atoms with Gasteiger partial charge in [-0.2, -0.15) is 10.4 Å². The number of pyridine rings is 1. The zero-order chi connectivity index (χ0) is 26.1. The van der Waals surface area contributed by atoms with Crippen LogP contribution in [0, 0.1) is 24.1 Å². The highest BCUT2D eigenvalue weighted by Gasteiger charge is 2.23. The number of nitrogens with two attached hydrogens (primary N) is 1. The summed E-state index contributed by atoms with van der Waals surface area (Å²) in [5, 5.41) is 16.7. The SMILES string of the molecule is Cc1c(NC(=O)c2cc(C(N)=O)nc3cc(F)c(Cl)cc23)c(C(C)C)nn1Cc1ccc(C#N)cc1. The summed E-state index contributed by atoms with van der Waals surface area (Å²) in [4.78, 5) is 29.4. The van der Waals surface area contributed by atoms with E-state index < -0.39 is 17.6 Å². The van der Waals surface area contributed by atoms with Gasteiger partial charge in [-0.1, -0.05) is 37.6 Å². The number of hydrogen-bond acceptors (Lipinski definition) is 5. The molecule has 0 atom stereocenters. The van der Waals surface area contributed by atoms with Crippen LogP contribution in [0.3, 0.4) is 0 Å². The van der Waals surface area contributed by atoms with Crippen molar-refractivity contribution in [2.45, 2.75) is 33.2 Å². The highest BCUT2D eigenvalue weighted by Crippen LogP contribution is 2.30. The Morgan fingerprint density at radius 2 is 1.92 bits per heavy atom. The van der Waals surface area contributed by atoms with E-state index in [0.717, 1.165) is 11.6 Å². The third kappa shape index (κ3) is 4.76. The first-order valence-corrected chi connectivity index (χ1v) is 11.4. The smallest absolute Gasteiger partial charge is 0.267 e. The molecule has 0 saturated carbocycles. The minimum absolute atomic E-state index is 0.0138. The molecule has 0 radical (unpaired) electrons. The molecule has 36 heavy (non-hydrogen) atoms. The summed E-state index contributed by atoms with van der Waals surface area (Å²) in [7, 11) is 0. The number of rotatable bonds is 6. The van der Waals surface area contributed by atoms with Gasteiger partial charge in [-0.3, -0.25) is 14.3 Å². The average molecular weight is 505 g/mol. The van der Waals surface area contributed by atoms with Crippen molar-refractivity contribution in [3.8, 4) is 6.07 Å². The maximum atomic E-state index is 14.1. The van der Waals surface area contributed by atoms with Crippen LogP contribution in [0.15, 0.2) is 42.5 Å². The highest BCUT2D eigenvalue weighted by molar-refractivity contribution is 6.31. The third-order valence-electron chi connectivity index (χ3n) is 5.78. The number of halogens is 2. The zero-order valence-corrected chi connectivity index (χ0v) is 20.5. The second-order valence-electron chi connectivity index (χ2n) is 8.62. The second kappa shape index (κ2) is 9.76. The molecule has 2 aromatic heterocycles. The van der Waals surface area contributed by atoms with E-state index in [1.165, 1.54) is 12.1 Å². The minimum Gasteiger partial charge on any atom is -0.364 e. The molecule has 2 aromatic carbocycles. The van der Waals surface area contributed by atoms with Crippen LogP contribution in [0.5, 0.6) is 0 Å². The van der Waals surface area contributed by atoms with Gasteiger partial charge in [0, 0.05) is 11.5 Å². The number of benzene rings is 2. The van der Waals surface area contributed by atoms with E-state index in [-0.39, 0.29) is 33.1 Å². The molecule has 0 fully saturated rings. The molecule has 3 N–H and O–H groups in total. The molecule has 0 unspecified atom stereocenters. The first kappa shape index (κ1) is 24.8. The molecule has 4 rings (SSSR count). The van der Waals surface area contributed by atoms with Crippen LogP contribution < -0.4 is 11.1 Å². The van der Waals surface area contributed by atoms with Gasteiger partial charge in [-0.25, -0.2) is 9.37 Å². The van der Waals surface area contributed by atoms with Crippen molar-refractivity contribution in [1.29, 1.82) is 5.26 Å². The summed E-state index contributed by atoms with van der Waals surface area (Å²) in [6.07, 6.45) is 0. The van der Waals surface area contributed by atoms with Gasteiger partial charge in [0.2, 0.25) is 0 Å². The molecular weight excluding hydrogens is 483 g/mol. The number of fused-ring (bicyclic) bond motifs is 1. The monoisotopic (exact) mass is 504 g/mol. The van der Waals surface area contributed by atoms with E-state index >= 15 is 0 Å². The fraction of sp³-hybridized carbons (Fsp3) is 0.192. The molecule has 0 bridgehead atoms. The largest absolute Gasteiger partial charge is 0.364 e. The summed E-state index contributed by atoms with van der Waals surface area (Å²) >= 11 is 5.96. The number of carbonyl (C=O) groups is 2. The topological polar surface area (TPSA) is 127 Å². The zero-order valence-electron chi connectivity index (χ0n) is 19.8. The number of amides is 2. The van der Waals surface area contributed by atoms with Gasteiger partial charge in [-0.15, -0.1) is 0 Å². The first-order valence-electron chi connectivity index (χ1n) is 11.1. The van der Waals surface area contributed by atoms with Gasteiger partial charge in [-0.05, 0) is 42.7 Å². The molecule has 8 nitrogen and oxygen atoms in total. The molecule has 0 aliphatic heterocycles. The lowest BCUT2D eigenvalue weighted by Gasteiger charge is -2.12. The van der Waals surface area contributed by atoms with Crippen molar-refractivity contribution >= 4 is 40.0 Å². The summed E-state index contributed by atoms with van der Waals surface area (Å²) in [6, 6.07) is 12.9. The van der Waals surface area contributed by atoms with E-state index in [4.69, 9.17) is 27.7 Å². The predicted octanol–water partition coefficient (Wildman–Crippen LogP) is 4.93. The van der Waals surface area contributed by atoms with Gasteiger partial charge in [0.25, 0.3) is 11.8 Å². The second-order valence-corrected chi connectivity index (χ2v) is 9.03. The number of aromatic nitrogens is 3. The Labute approximate surface area is 211 Å². The highest BCUT2D eigenvalue weighted by atomic mass is 35.5. The van der Waals surface area contributed by atoms with Gasteiger partial charge in [0.05, 0.1) is 51.4 Å². The first-order chi connectivity index (χ1) is 17.1. The van der Waals surface area contributed by atoms with Crippen molar-refractivity contribution in [3.63, 3.8) is 0 Å². The van der Waals surface area contributed by atoms with Crippen LogP contribution in [-0.2, 0) is 6.54 Å². The maximum Gasteiger partial charge on any atom is 0.267 e. The summed E-state index contributed by atoms with van der Waals surface area (Å²) in [6.45, 7) is 6.19. The third-order valence-corrected chi connectivity index (χ3v) is 6.07. The Balaban J connectivity index is 1.75. The fourth-order valence-corrected chi connectivity index (χ4v) is 4.02. The molecule has 182 valence electrons. The molecule has 0 spiro atoms. The Hall–Kier alpha value is -4.29. The van der Waals surface area contributed by atoms with Crippen LogP contribution in [0.25, 0.3) is 10.9 Å². The molecule has 4 aromatic rings. The number of nitrogens with one attached hydrogen (secondary N) is 1. The maximum absolute atomic E-state index is 14.1. The molecule has 2 amide bonds. The van der Waals surface area contributed by atoms with Crippen molar-refractivity contribution in [1.82, 2.24) is 14.8 Å². The van der Waals surface area contributed by atoms with E-state index in [2.05, 4.69) is 16.4 Å². The van der Waals surface area contributed by atoms with Crippen LogP contribution in [-0.4, -0.2) is 26.6 Å². The van der Waals surface area contributed by atoms with Crippen LogP contribution in [0.1, 0.15) is 63.1 Å². The summed E-state index contributed by atoms with van der Waals surface area (Å²) in [5.41, 5.74) is 8.79. The molecular formula is C26H22ClFN6O2. The lowest BCUT2D eigenvalue weighted by Crippen LogP contribution is -2.18. The molecule has 0 aliphatic rings. The number of anilines is 1. The predicted molar refractivity (Wildman–Crippen MR) is 134 cm³/mol. The number of carbonyl (C=O) groups excluding carboxylic acids is 2. The van der Waals surface area contributed by atoms with Crippen LogP contribution in [0.4, 0.5) is 10.1 Å². The number of nitriles is 1. The van der Waals surface area contributed by atoms with Crippen molar-refractivity contribution in [2.24, 2.45) is 5.73 Å². The normalized spacial score (nSPS) is 11.0. The standard InChI is InChI=1S/C26H22ClFN6O2/c1-13(2)23-24(14(3)34(33-23)12-16-6-4-15(11-29)5-7-16)32-26(36)18-9-22(25(30)35)31-21-10-20(28)19(27)8-17(18)21/h4-10,13H,12H2,1-3H3,(H2,30,35)(H,32,36). The fourth-order valence-electron chi connectivity index (χ4n) is 3.86. The quantitative estimate of drug-likeness (QED) is 0.385. The van der Waals surface area contributed by atoms with Crippen LogP contribution in [0.2, 0.25) is 5.02 Å². The summed E-state index contributed by atoms with van der Waals surface area (Å²) < 4.78 is 15.8.